The van der Waals surface area contributed by atoms with E-state index in [1.54, 1.807) is 18.2 Å². The van der Waals surface area contributed by atoms with Crippen molar-refractivity contribution in [1.29, 1.82) is 5.26 Å². The Kier molecular flexibility index (Phi) is 5.49. The summed E-state index contributed by atoms with van der Waals surface area (Å²) in [6, 6.07) is 13.0. The third-order valence-corrected chi connectivity index (χ3v) is 3.00. The quantitative estimate of drug-likeness (QED) is 0.889. The Hall–Kier alpha value is -3.21. The number of benzene rings is 2. The summed E-state index contributed by atoms with van der Waals surface area (Å²) in [5.41, 5.74) is 0.686. The van der Waals surface area contributed by atoms with Gasteiger partial charge in [0, 0.05) is 5.69 Å². The summed E-state index contributed by atoms with van der Waals surface area (Å²) < 4.78 is 45.5. The van der Waals surface area contributed by atoms with Crippen LogP contribution in [0.4, 0.5) is 18.9 Å². The van der Waals surface area contributed by atoms with Gasteiger partial charge < -0.3 is 14.8 Å². The monoisotopic (exact) mass is 350 g/mol. The first-order valence-corrected chi connectivity index (χ1v) is 7.10. The maximum Gasteiger partial charge on any atom is 0.573 e. The Morgan fingerprint density at radius 2 is 1.84 bits per heavy atom. The van der Waals surface area contributed by atoms with Gasteiger partial charge in [0.2, 0.25) is 0 Å². The number of nitriles is 1. The molecule has 0 fully saturated rings. The molecular formula is C17H13F3N2O3. The number of alkyl halides is 3. The largest absolute Gasteiger partial charge is 0.573 e. The molecule has 2 rings (SSSR count). The van der Waals surface area contributed by atoms with Crippen molar-refractivity contribution in [3.63, 3.8) is 0 Å². The van der Waals surface area contributed by atoms with Gasteiger partial charge in [-0.3, -0.25) is 4.79 Å². The zero-order chi connectivity index (χ0) is 18.4. The van der Waals surface area contributed by atoms with Gasteiger partial charge in [-0.05, 0) is 49.4 Å². The van der Waals surface area contributed by atoms with E-state index in [9.17, 15) is 18.0 Å². The van der Waals surface area contributed by atoms with Crippen molar-refractivity contribution in [1.82, 2.24) is 0 Å². The summed E-state index contributed by atoms with van der Waals surface area (Å²) in [7, 11) is 0. The highest BCUT2D eigenvalue weighted by molar-refractivity contribution is 5.94. The summed E-state index contributed by atoms with van der Waals surface area (Å²) in [6.45, 7) is 1.51. The highest BCUT2D eigenvalue weighted by atomic mass is 19.4. The number of nitrogens with one attached hydrogen (secondary N) is 1. The molecule has 8 heteroatoms. The second-order valence-corrected chi connectivity index (χ2v) is 4.96. The van der Waals surface area contributed by atoms with E-state index in [-0.39, 0.29) is 5.75 Å². The lowest BCUT2D eigenvalue weighted by atomic mass is 10.2. The van der Waals surface area contributed by atoms with E-state index in [1.165, 1.54) is 25.1 Å². The molecular weight excluding hydrogens is 337 g/mol. The van der Waals surface area contributed by atoms with Crippen LogP contribution in [0.5, 0.6) is 11.5 Å². The number of carbonyl (C=O) groups is 1. The molecule has 0 spiro atoms. The van der Waals surface area contributed by atoms with Gasteiger partial charge in [-0.2, -0.15) is 5.26 Å². The summed E-state index contributed by atoms with van der Waals surface area (Å²) in [5.74, 6) is -0.523. The molecule has 0 radical (unpaired) electrons. The molecule has 0 saturated carbocycles. The van der Waals surface area contributed by atoms with Crippen molar-refractivity contribution in [3.8, 4) is 17.6 Å². The van der Waals surface area contributed by atoms with Crippen molar-refractivity contribution in [2.75, 3.05) is 5.32 Å². The standard InChI is InChI=1S/C17H13F3N2O3/c1-11(24-15-4-2-3-12(9-15)10-21)16(23)22-13-5-7-14(8-6-13)25-17(18,19)20/h2-9,11H,1H3,(H,22,23)/t11-/m0/s1. The van der Waals surface area contributed by atoms with Crippen LogP contribution >= 0.6 is 0 Å². The molecule has 1 N–H and O–H groups in total. The van der Waals surface area contributed by atoms with Crippen LogP contribution < -0.4 is 14.8 Å². The molecule has 25 heavy (non-hydrogen) atoms. The predicted octanol–water partition coefficient (Wildman–Crippen LogP) is 3.86. The van der Waals surface area contributed by atoms with Crippen molar-refractivity contribution < 1.29 is 27.4 Å². The van der Waals surface area contributed by atoms with E-state index in [0.29, 0.717) is 17.0 Å². The SMILES string of the molecule is C[C@H](Oc1cccc(C#N)c1)C(=O)Nc1ccc(OC(F)(F)F)cc1. The number of anilines is 1. The summed E-state index contributed by atoms with van der Waals surface area (Å²) in [4.78, 5) is 12.1. The first kappa shape index (κ1) is 18.1. The highest BCUT2D eigenvalue weighted by Crippen LogP contribution is 2.24. The molecule has 0 bridgehead atoms. The lowest BCUT2D eigenvalue weighted by Gasteiger charge is -2.15. The first-order chi connectivity index (χ1) is 11.8. The maximum atomic E-state index is 12.1. The van der Waals surface area contributed by atoms with E-state index >= 15 is 0 Å². The van der Waals surface area contributed by atoms with Crippen LogP contribution in [-0.2, 0) is 4.79 Å². The molecule has 2 aromatic carbocycles. The molecule has 0 unspecified atom stereocenters. The summed E-state index contributed by atoms with van der Waals surface area (Å²) in [5, 5.41) is 11.3. The predicted molar refractivity (Wildman–Crippen MR) is 83.0 cm³/mol. The maximum absolute atomic E-state index is 12.1. The zero-order valence-corrected chi connectivity index (χ0v) is 13.0. The minimum absolute atomic E-state index is 0.292. The number of hydrogen-bond donors (Lipinski definition) is 1. The number of nitrogens with zero attached hydrogens (tertiary/aromatic N) is 1. The molecule has 2 aromatic rings. The van der Waals surface area contributed by atoms with Gasteiger partial charge in [-0.15, -0.1) is 13.2 Å². The fourth-order valence-corrected chi connectivity index (χ4v) is 1.88. The molecule has 0 heterocycles. The minimum Gasteiger partial charge on any atom is -0.481 e. The van der Waals surface area contributed by atoms with Gasteiger partial charge in [0.25, 0.3) is 5.91 Å². The average Bonchev–Trinajstić information content (AvgIpc) is 2.55. The molecule has 1 atom stereocenters. The minimum atomic E-state index is -4.77. The van der Waals surface area contributed by atoms with E-state index in [2.05, 4.69) is 10.1 Å². The lowest BCUT2D eigenvalue weighted by Crippen LogP contribution is -2.30. The van der Waals surface area contributed by atoms with Crippen molar-refractivity contribution in [3.05, 3.63) is 54.1 Å². The molecule has 0 aliphatic carbocycles. The van der Waals surface area contributed by atoms with Crippen LogP contribution in [0.1, 0.15) is 12.5 Å². The second kappa shape index (κ2) is 7.57. The average molecular weight is 350 g/mol. The first-order valence-electron chi connectivity index (χ1n) is 7.10. The van der Waals surface area contributed by atoms with Gasteiger partial charge in [0.1, 0.15) is 11.5 Å². The van der Waals surface area contributed by atoms with Crippen LogP contribution in [-0.4, -0.2) is 18.4 Å². The Balaban J connectivity index is 1.95. The van der Waals surface area contributed by atoms with Crippen LogP contribution in [0.2, 0.25) is 0 Å². The number of amides is 1. The Labute approximate surface area is 141 Å². The van der Waals surface area contributed by atoms with Crippen molar-refractivity contribution >= 4 is 11.6 Å². The third kappa shape index (κ3) is 5.73. The van der Waals surface area contributed by atoms with Crippen molar-refractivity contribution in [2.24, 2.45) is 0 Å². The number of rotatable bonds is 5. The highest BCUT2D eigenvalue weighted by Gasteiger charge is 2.31. The smallest absolute Gasteiger partial charge is 0.481 e. The molecule has 0 aliphatic rings. The molecule has 0 aliphatic heterocycles. The van der Waals surface area contributed by atoms with Crippen LogP contribution in [0, 0.1) is 11.3 Å². The fraction of sp³-hybridized carbons (Fsp3) is 0.176. The second-order valence-electron chi connectivity index (χ2n) is 4.96. The van der Waals surface area contributed by atoms with Crippen LogP contribution in [0.3, 0.4) is 0 Å². The van der Waals surface area contributed by atoms with E-state index in [1.807, 2.05) is 6.07 Å². The zero-order valence-electron chi connectivity index (χ0n) is 13.0. The molecule has 130 valence electrons. The van der Waals surface area contributed by atoms with Crippen molar-refractivity contribution in [2.45, 2.75) is 19.4 Å². The van der Waals surface area contributed by atoms with E-state index in [4.69, 9.17) is 10.00 Å². The molecule has 1 amide bonds. The Morgan fingerprint density at radius 3 is 2.44 bits per heavy atom. The number of halogens is 3. The Morgan fingerprint density at radius 1 is 1.16 bits per heavy atom. The number of carbonyl (C=O) groups excluding carboxylic acids is 1. The number of ether oxygens (including phenoxy) is 2. The van der Waals surface area contributed by atoms with Gasteiger partial charge in [0.15, 0.2) is 6.10 Å². The normalized spacial score (nSPS) is 12.0. The van der Waals surface area contributed by atoms with E-state index < -0.39 is 18.4 Å². The summed E-state index contributed by atoms with van der Waals surface area (Å²) in [6.07, 6.45) is -5.65. The molecule has 0 saturated heterocycles. The summed E-state index contributed by atoms with van der Waals surface area (Å²) >= 11 is 0. The van der Waals surface area contributed by atoms with Crippen LogP contribution in [0.25, 0.3) is 0 Å². The fourth-order valence-electron chi connectivity index (χ4n) is 1.88. The van der Waals surface area contributed by atoms with Gasteiger partial charge in [0.05, 0.1) is 11.6 Å². The Bertz CT molecular complexity index is 783. The molecule has 5 nitrogen and oxygen atoms in total. The van der Waals surface area contributed by atoms with Gasteiger partial charge >= 0.3 is 6.36 Å². The lowest BCUT2D eigenvalue weighted by molar-refractivity contribution is -0.274. The topological polar surface area (TPSA) is 71.3 Å². The third-order valence-electron chi connectivity index (χ3n) is 3.00. The number of hydrogen-bond acceptors (Lipinski definition) is 4. The molecule has 0 aromatic heterocycles. The van der Waals surface area contributed by atoms with Gasteiger partial charge in [-0.1, -0.05) is 6.07 Å². The van der Waals surface area contributed by atoms with Crippen LogP contribution in [0.15, 0.2) is 48.5 Å². The van der Waals surface area contributed by atoms with Gasteiger partial charge in [-0.25, -0.2) is 0 Å². The van der Waals surface area contributed by atoms with E-state index in [0.717, 1.165) is 12.1 Å².